The number of carbonyl (C=O) groups is 2. The summed E-state index contributed by atoms with van der Waals surface area (Å²) in [5, 5.41) is 11.5. The van der Waals surface area contributed by atoms with E-state index in [0.717, 1.165) is 16.7 Å². The van der Waals surface area contributed by atoms with Gasteiger partial charge in [-0.15, -0.1) is 0 Å². The van der Waals surface area contributed by atoms with Gasteiger partial charge < -0.3 is 14.6 Å². The van der Waals surface area contributed by atoms with Crippen molar-refractivity contribution in [2.24, 2.45) is 0 Å². The van der Waals surface area contributed by atoms with Gasteiger partial charge in [-0.2, -0.15) is 0 Å². The topological polar surface area (TPSA) is 76.1 Å². The number of aliphatic hydroxyl groups is 1. The Kier molecular flexibility index (Phi) is 6.16. The van der Waals surface area contributed by atoms with Gasteiger partial charge in [0.15, 0.2) is 0 Å². The van der Waals surface area contributed by atoms with Gasteiger partial charge in [0, 0.05) is 11.3 Å². The van der Waals surface area contributed by atoms with Crippen molar-refractivity contribution in [2.45, 2.75) is 26.8 Å². The first kappa shape index (κ1) is 23.1. The average molecular weight is 458 g/mol. The highest BCUT2D eigenvalue weighted by Gasteiger charge is 2.47. The minimum atomic E-state index is -0.797. The lowest BCUT2D eigenvalue weighted by molar-refractivity contribution is -0.132. The molecule has 1 amide bonds. The standard InChI is InChI=1S/C28H27NO5/c1-16-8-6-7-9-22(16)29-25(19-10-12-20(33-4)13-11-19)24(27(31)28(29)32)26(30)21-14-18(3)23(34-5)15-17(21)2/h6-15,25,30H,1-5H3/b26-24+. The molecule has 0 bridgehead atoms. The maximum Gasteiger partial charge on any atom is 0.300 e. The second-order valence-corrected chi connectivity index (χ2v) is 8.37. The summed E-state index contributed by atoms with van der Waals surface area (Å²) in [4.78, 5) is 28.2. The summed E-state index contributed by atoms with van der Waals surface area (Å²) in [6.45, 7) is 5.58. The van der Waals surface area contributed by atoms with E-state index in [1.165, 1.54) is 4.90 Å². The molecule has 3 aromatic rings. The van der Waals surface area contributed by atoms with Gasteiger partial charge in [0.05, 0.1) is 25.8 Å². The van der Waals surface area contributed by atoms with E-state index in [4.69, 9.17) is 9.47 Å². The molecule has 1 N–H and O–H groups in total. The van der Waals surface area contributed by atoms with Crippen LogP contribution < -0.4 is 14.4 Å². The van der Waals surface area contributed by atoms with E-state index < -0.39 is 17.7 Å². The number of ketones is 1. The number of amides is 1. The number of methoxy groups -OCH3 is 2. The van der Waals surface area contributed by atoms with E-state index >= 15 is 0 Å². The second kappa shape index (κ2) is 9.06. The van der Waals surface area contributed by atoms with Crippen LogP contribution in [-0.4, -0.2) is 31.0 Å². The largest absolute Gasteiger partial charge is 0.507 e. The molecule has 0 spiro atoms. The van der Waals surface area contributed by atoms with Gasteiger partial charge in [-0.3, -0.25) is 14.5 Å². The van der Waals surface area contributed by atoms with Crippen molar-refractivity contribution in [1.82, 2.24) is 0 Å². The Labute approximate surface area is 199 Å². The molecule has 1 unspecified atom stereocenters. The maximum atomic E-state index is 13.4. The highest BCUT2D eigenvalue weighted by atomic mass is 16.5. The van der Waals surface area contributed by atoms with Crippen LogP contribution in [0.25, 0.3) is 5.76 Å². The van der Waals surface area contributed by atoms with E-state index in [2.05, 4.69) is 0 Å². The quantitative estimate of drug-likeness (QED) is 0.322. The summed E-state index contributed by atoms with van der Waals surface area (Å²) in [5.74, 6) is -0.285. The Morgan fingerprint density at radius 3 is 2.15 bits per heavy atom. The van der Waals surface area contributed by atoms with Crippen molar-refractivity contribution in [3.8, 4) is 11.5 Å². The average Bonchev–Trinajstić information content (AvgIpc) is 3.10. The zero-order valence-electron chi connectivity index (χ0n) is 19.9. The fourth-order valence-electron chi connectivity index (χ4n) is 4.43. The number of hydrogen-bond donors (Lipinski definition) is 1. The SMILES string of the molecule is COc1ccc(C2/C(=C(\O)c3cc(C)c(OC)cc3C)C(=O)C(=O)N2c2ccccc2C)cc1. The number of aliphatic hydroxyl groups excluding tert-OH is 1. The number of benzene rings is 3. The minimum absolute atomic E-state index is 0.0473. The van der Waals surface area contributed by atoms with Crippen molar-refractivity contribution in [1.29, 1.82) is 0 Å². The molecule has 1 saturated heterocycles. The zero-order chi connectivity index (χ0) is 24.6. The third-order valence-electron chi connectivity index (χ3n) is 6.25. The molecule has 6 nitrogen and oxygen atoms in total. The van der Waals surface area contributed by atoms with Crippen molar-refractivity contribution in [3.63, 3.8) is 0 Å². The Morgan fingerprint density at radius 2 is 1.53 bits per heavy atom. The van der Waals surface area contributed by atoms with E-state index in [0.29, 0.717) is 28.3 Å². The second-order valence-electron chi connectivity index (χ2n) is 8.37. The van der Waals surface area contributed by atoms with E-state index in [-0.39, 0.29) is 11.3 Å². The molecule has 34 heavy (non-hydrogen) atoms. The minimum Gasteiger partial charge on any atom is -0.507 e. The first-order chi connectivity index (χ1) is 16.3. The molecule has 1 heterocycles. The predicted molar refractivity (Wildman–Crippen MR) is 131 cm³/mol. The van der Waals surface area contributed by atoms with Crippen LogP contribution in [0, 0.1) is 20.8 Å². The first-order valence-corrected chi connectivity index (χ1v) is 10.9. The number of anilines is 1. The molecule has 4 rings (SSSR count). The summed E-state index contributed by atoms with van der Waals surface area (Å²) in [6, 6.07) is 17.3. The van der Waals surface area contributed by atoms with E-state index in [9.17, 15) is 14.7 Å². The van der Waals surface area contributed by atoms with E-state index in [1.54, 1.807) is 50.6 Å². The molecule has 3 aromatic carbocycles. The van der Waals surface area contributed by atoms with Gasteiger partial charge in [0.1, 0.15) is 17.3 Å². The van der Waals surface area contributed by atoms with Crippen LogP contribution in [0.4, 0.5) is 5.69 Å². The molecule has 1 aliphatic rings. The van der Waals surface area contributed by atoms with Crippen molar-refractivity contribution in [3.05, 3.63) is 94.1 Å². The van der Waals surface area contributed by atoms with Crippen LogP contribution in [-0.2, 0) is 9.59 Å². The number of Topliss-reactive ketones (excluding diaryl/α,β-unsaturated/α-hetero) is 1. The number of hydrogen-bond acceptors (Lipinski definition) is 5. The van der Waals surface area contributed by atoms with Crippen molar-refractivity contribution < 1.29 is 24.2 Å². The van der Waals surface area contributed by atoms with Crippen LogP contribution in [0.15, 0.2) is 66.2 Å². The molecule has 0 radical (unpaired) electrons. The van der Waals surface area contributed by atoms with Gasteiger partial charge in [0.2, 0.25) is 0 Å². The number of aryl methyl sites for hydroxylation is 3. The molecule has 0 aromatic heterocycles. The highest BCUT2D eigenvalue weighted by Crippen LogP contribution is 2.44. The van der Waals surface area contributed by atoms with Gasteiger partial charge >= 0.3 is 0 Å². The Hall–Kier alpha value is -4.06. The van der Waals surface area contributed by atoms with Gasteiger partial charge in [-0.1, -0.05) is 30.3 Å². The number of para-hydroxylation sites is 1. The Balaban J connectivity index is 1.98. The van der Waals surface area contributed by atoms with E-state index in [1.807, 2.05) is 45.0 Å². The van der Waals surface area contributed by atoms with Crippen molar-refractivity contribution >= 4 is 23.1 Å². The number of ether oxygens (including phenoxy) is 2. The molecular weight excluding hydrogens is 430 g/mol. The fourth-order valence-corrected chi connectivity index (χ4v) is 4.43. The lowest BCUT2D eigenvalue weighted by atomic mass is 9.92. The van der Waals surface area contributed by atoms with Gasteiger partial charge in [-0.25, -0.2) is 0 Å². The highest BCUT2D eigenvalue weighted by molar-refractivity contribution is 6.51. The third-order valence-corrected chi connectivity index (χ3v) is 6.25. The number of carbonyl (C=O) groups excluding carboxylic acids is 2. The Bertz CT molecular complexity index is 1310. The van der Waals surface area contributed by atoms with Crippen LogP contribution in [0.5, 0.6) is 11.5 Å². The van der Waals surface area contributed by atoms with Crippen LogP contribution in [0.3, 0.4) is 0 Å². The molecule has 174 valence electrons. The van der Waals surface area contributed by atoms with Crippen LogP contribution in [0.2, 0.25) is 0 Å². The molecule has 1 atom stereocenters. The van der Waals surface area contributed by atoms with Crippen LogP contribution >= 0.6 is 0 Å². The molecule has 1 aliphatic heterocycles. The lowest BCUT2D eigenvalue weighted by Crippen LogP contribution is -2.30. The maximum absolute atomic E-state index is 13.4. The summed E-state index contributed by atoms with van der Waals surface area (Å²) >= 11 is 0. The fraction of sp³-hybridized carbons (Fsp3) is 0.214. The van der Waals surface area contributed by atoms with Gasteiger partial charge in [-0.05, 0) is 73.4 Å². The molecule has 6 heteroatoms. The molecule has 0 saturated carbocycles. The molecule has 1 fully saturated rings. The lowest BCUT2D eigenvalue weighted by Gasteiger charge is -2.27. The van der Waals surface area contributed by atoms with Crippen molar-refractivity contribution in [2.75, 3.05) is 19.1 Å². The molecular formula is C28H27NO5. The third kappa shape index (κ3) is 3.81. The summed E-state index contributed by atoms with van der Waals surface area (Å²) in [7, 11) is 3.15. The summed E-state index contributed by atoms with van der Waals surface area (Å²) in [5.41, 5.74) is 4.23. The number of nitrogens with zero attached hydrogens (tertiary/aromatic N) is 1. The summed E-state index contributed by atoms with van der Waals surface area (Å²) < 4.78 is 10.7. The Morgan fingerprint density at radius 1 is 0.853 bits per heavy atom. The molecule has 0 aliphatic carbocycles. The van der Waals surface area contributed by atoms with Crippen LogP contribution in [0.1, 0.15) is 33.9 Å². The first-order valence-electron chi connectivity index (χ1n) is 10.9. The van der Waals surface area contributed by atoms with Gasteiger partial charge in [0.25, 0.3) is 11.7 Å². The monoisotopic (exact) mass is 457 g/mol. The normalized spacial score (nSPS) is 17.2. The number of rotatable bonds is 5. The zero-order valence-corrected chi connectivity index (χ0v) is 19.9. The smallest absolute Gasteiger partial charge is 0.300 e. The summed E-state index contributed by atoms with van der Waals surface area (Å²) in [6.07, 6.45) is 0. The predicted octanol–water partition coefficient (Wildman–Crippen LogP) is 5.26.